The van der Waals surface area contributed by atoms with Crippen LogP contribution in [0, 0.1) is 13.8 Å². The van der Waals surface area contributed by atoms with Gasteiger partial charge in [0.25, 0.3) is 9.84 Å². The fourth-order valence-corrected chi connectivity index (χ4v) is 2.08. The van der Waals surface area contributed by atoms with Crippen LogP contribution in [0.15, 0.2) is 23.1 Å². The van der Waals surface area contributed by atoms with Crippen LogP contribution in [0.2, 0.25) is 0 Å². The van der Waals surface area contributed by atoms with E-state index >= 15 is 0 Å². The molecule has 0 heterocycles. The second-order valence-corrected chi connectivity index (χ2v) is 5.02. The molecular weight excluding hydrogens is 216 g/mol. The fraction of sp³-hybridized carbons (Fsp3) is 0.300. The van der Waals surface area contributed by atoms with Gasteiger partial charge in [-0.05, 0) is 37.1 Å². The fourth-order valence-electron chi connectivity index (χ4n) is 1.09. The lowest BCUT2D eigenvalue weighted by atomic mass is 10.1. The van der Waals surface area contributed by atoms with Crippen molar-refractivity contribution < 1.29 is 17.9 Å². The van der Waals surface area contributed by atoms with Crippen LogP contribution in [0.1, 0.15) is 11.1 Å². The van der Waals surface area contributed by atoms with Crippen molar-refractivity contribution in [1.82, 2.24) is 0 Å². The molecule has 1 rings (SSSR count). The zero-order valence-corrected chi connectivity index (χ0v) is 9.59. The van der Waals surface area contributed by atoms with Gasteiger partial charge in [0.2, 0.25) is 0 Å². The molecule has 0 bridgehead atoms. The quantitative estimate of drug-likeness (QED) is 0.688. The summed E-state index contributed by atoms with van der Waals surface area (Å²) in [5.41, 5.74) is 1.79. The Labute approximate surface area is 88.8 Å². The Kier molecular flexibility index (Phi) is 3.14. The Morgan fingerprint density at radius 1 is 1.20 bits per heavy atom. The number of aryl methyl sites for hydroxylation is 2. The standard InChI is InChI=1S/C10H12O4S/c1-7-4-5-9(6-8(7)2)15(12,13)10(11)14-3/h4-6H,1-3H3. The van der Waals surface area contributed by atoms with Crippen molar-refractivity contribution in [1.29, 1.82) is 0 Å². The molecule has 15 heavy (non-hydrogen) atoms. The van der Waals surface area contributed by atoms with E-state index < -0.39 is 15.1 Å². The number of hydrogen-bond donors (Lipinski definition) is 0. The van der Waals surface area contributed by atoms with Gasteiger partial charge in [-0.2, -0.15) is 0 Å². The predicted octanol–water partition coefficient (Wildman–Crippen LogP) is 1.84. The van der Waals surface area contributed by atoms with Gasteiger partial charge in [-0.3, -0.25) is 0 Å². The van der Waals surface area contributed by atoms with Crippen LogP contribution < -0.4 is 0 Å². The summed E-state index contributed by atoms with van der Waals surface area (Å²) >= 11 is 0. The molecule has 0 saturated carbocycles. The third-order valence-electron chi connectivity index (χ3n) is 2.17. The first kappa shape index (κ1) is 11.7. The summed E-state index contributed by atoms with van der Waals surface area (Å²) in [4.78, 5) is 11.0. The average Bonchev–Trinajstić information content (AvgIpc) is 2.20. The molecule has 1 aromatic carbocycles. The van der Waals surface area contributed by atoms with Crippen molar-refractivity contribution in [2.45, 2.75) is 18.7 Å². The highest BCUT2D eigenvalue weighted by molar-refractivity contribution is 8.05. The Hall–Kier alpha value is -1.36. The second kappa shape index (κ2) is 4.02. The molecular formula is C10H12O4S. The summed E-state index contributed by atoms with van der Waals surface area (Å²) in [5.74, 6) is 0. The number of benzene rings is 1. The Morgan fingerprint density at radius 3 is 2.27 bits per heavy atom. The van der Waals surface area contributed by atoms with Crippen LogP contribution in [-0.2, 0) is 14.6 Å². The molecule has 0 spiro atoms. The van der Waals surface area contributed by atoms with Crippen molar-refractivity contribution >= 4 is 15.1 Å². The molecule has 4 nitrogen and oxygen atoms in total. The molecule has 0 aromatic heterocycles. The highest BCUT2D eigenvalue weighted by Gasteiger charge is 2.25. The summed E-state index contributed by atoms with van der Waals surface area (Å²) < 4.78 is 27.3. The molecule has 0 N–H and O–H groups in total. The minimum absolute atomic E-state index is 0.0301. The molecule has 0 unspecified atom stereocenters. The monoisotopic (exact) mass is 228 g/mol. The van der Waals surface area contributed by atoms with Gasteiger partial charge >= 0.3 is 5.30 Å². The summed E-state index contributed by atoms with van der Waals surface area (Å²) in [6, 6.07) is 4.52. The summed E-state index contributed by atoms with van der Waals surface area (Å²) in [6.45, 7) is 3.65. The zero-order chi connectivity index (χ0) is 11.6. The molecule has 0 saturated heterocycles. The highest BCUT2D eigenvalue weighted by Crippen LogP contribution is 2.17. The van der Waals surface area contributed by atoms with Gasteiger partial charge < -0.3 is 4.74 Å². The number of carbonyl (C=O) groups is 1. The summed E-state index contributed by atoms with van der Waals surface area (Å²) in [6.07, 6.45) is 0. The van der Waals surface area contributed by atoms with Gasteiger partial charge in [0, 0.05) is 0 Å². The maximum Gasteiger partial charge on any atom is 0.429 e. The molecule has 0 atom stereocenters. The largest absolute Gasteiger partial charge is 0.457 e. The number of methoxy groups -OCH3 is 1. The first-order chi connectivity index (χ1) is 6.89. The van der Waals surface area contributed by atoms with Gasteiger partial charge in [-0.25, -0.2) is 13.2 Å². The van der Waals surface area contributed by atoms with Crippen LogP contribution in [-0.4, -0.2) is 20.8 Å². The van der Waals surface area contributed by atoms with E-state index in [-0.39, 0.29) is 4.90 Å². The number of rotatable bonds is 1. The van der Waals surface area contributed by atoms with E-state index in [9.17, 15) is 13.2 Å². The van der Waals surface area contributed by atoms with E-state index in [0.717, 1.165) is 18.2 Å². The van der Waals surface area contributed by atoms with E-state index in [4.69, 9.17) is 0 Å². The number of carbonyl (C=O) groups excluding carboxylic acids is 1. The van der Waals surface area contributed by atoms with Crippen molar-refractivity contribution in [3.05, 3.63) is 29.3 Å². The van der Waals surface area contributed by atoms with Crippen molar-refractivity contribution in [3.63, 3.8) is 0 Å². The van der Waals surface area contributed by atoms with Crippen LogP contribution in [0.5, 0.6) is 0 Å². The molecule has 0 aliphatic carbocycles. The number of sulfone groups is 1. The van der Waals surface area contributed by atoms with Crippen LogP contribution in [0.4, 0.5) is 4.79 Å². The predicted molar refractivity (Wildman–Crippen MR) is 55.5 cm³/mol. The Balaban J connectivity index is 3.29. The van der Waals surface area contributed by atoms with E-state index in [0.29, 0.717) is 0 Å². The molecule has 0 amide bonds. The third kappa shape index (κ3) is 2.18. The van der Waals surface area contributed by atoms with Crippen molar-refractivity contribution in [2.75, 3.05) is 7.11 Å². The number of ether oxygens (including phenoxy) is 1. The highest BCUT2D eigenvalue weighted by atomic mass is 32.2. The SMILES string of the molecule is COC(=O)S(=O)(=O)c1ccc(C)c(C)c1. The van der Waals surface area contributed by atoms with E-state index in [1.165, 1.54) is 12.1 Å². The lowest BCUT2D eigenvalue weighted by Gasteiger charge is -2.04. The number of hydrogen-bond acceptors (Lipinski definition) is 4. The van der Waals surface area contributed by atoms with Gasteiger partial charge in [0.05, 0.1) is 12.0 Å². The van der Waals surface area contributed by atoms with Crippen molar-refractivity contribution in [3.8, 4) is 0 Å². The second-order valence-electron chi connectivity index (χ2n) is 3.20. The topological polar surface area (TPSA) is 60.4 Å². The van der Waals surface area contributed by atoms with Gasteiger partial charge in [-0.15, -0.1) is 0 Å². The maximum absolute atomic E-state index is 11.6. The third-order valence-corrected chi connectivity index (χ3v) is 3.65. The normalized spacial score (nSPS) is 11.1. The van der Waals surface area contributed by atoms with Crippen molar-refractivity contribution in [2.24, 2.45) is 0 Å². The average molecular weight is 228 g/mol. The van der Waals surface area contributed by atoms with E-state index in [1.807, 2.05) is 6.92 Å². The smallest absolute Gasteiger partial charge is 0.429 e. The van der Waals surface area contributed by atoms with Crippen LogP contribution in [0.25, 0.3) is 0 Å². The Bertz CT molecular complexity index is 488. The van der Waals surface area contributed by atoms with Gasteiger partial charge in [0.1, 0.15) is 0 Å². The first-order valence-corrected chi connectivity index (χ1v) is 5.78. The molecule has 0 radical (unpaired) electrons. The zero-order valence-electron chi connectivity index (χ0n) is 8.77. The minimum Gasteiger partial charge on any atom is -0.457 e. The van der Waals surface area contributed by atoms with Gasteiger partial charge in [-0.1, -0.05) is 6.07 Å². The molecule has 0 aliphatic heterocycles. The molecule has 0 aliphatic rings. The summed E-state index contributed by atoms with van der Waals surface area (Å²) in [7, 11) is -2.95. The molecule has 1 aromatic rings. The van der Waals surface area contributed by atoms with Crippen LogP contribution >= 0.6 is 0 Å². The van der Waals surface area contributed by atoms with E-state index in [2.05, 4.69) is 4.74 Å². The first-order valence-electron chi connectivity index (χ1n) is 4.30. The molecule has 5 heteroatoms. The van der Waals surface area contributed by atoms with Gasteiger partial charge in [0.15, 0.2) is 0 Å². The van der Waals surface area contributed by atoms with E-state index in [1.54, 1.807) is 13.0 Å². The Morgan fingerprint density at radius 2 is 1.80 bits per heavy atom. The molecule has 82 valence electrons. The minimum atomic E-state index is -3.99. The maximum atomic E-state index is 11.6. The summed E-state index contributed by atoms with van der Waals surface area (Å²) in [5, 5.41) is -1.23. The molecule has 0 fully saturated rings. The lowest BCUT2D eigenvalue weighted by Crippen LogP contribution is -2.14. The lowest BCUT2D eigenvalue weighted by molar-refractivity contribution is 0.197. The van der Waals surface area contributed by atoms with Crippen LogP contribution in [0.3, 0.4) is 0 Å².